The van der Waals surface area contributed by atoms with Crippen LogP contribution in [0, 0.1) is 19.8 Å². The predicted octanol–water partition coefficient (Wildman–Crippen LogP) is 0.795. The van der Waals surface area contributed by atoms with Gasteiger partial charge in [-0.15, -0.1) is 0 Å². The molecule has 0 aliphatic carbocycles. The van der Waals surface area contributed by atoms with Crippen LogP contribution in [0.25, 0.3) is 0 Å². The third kappa shape index (κ3) is 2.72. The van der Waals surface area contributed by atoms with Crippen molar-refractivity contribution in [1.29, 1.82) is 0 Å². The molecule has 0 saturated carbocycles. The first-order chi connectivity index (χ1) is 8.06. The van der Waals surface area contributed by atoms with Crippen LogP contribution in [0.3, 0.4) is 0 Å². The number of primary amides is 1. The predicted molar refractivity (Wildman–Crippen MR) is 65.6 cm³/mol. The molecule has 1 atom stereocenters. The summed E-state index contributed by atoms with van der Waals surface area (Å²) < 4.78 is 0. The highest BCUT2D eigenvalue weighted by molar-refractivity contribution is 5.74. The molecule has 2 rings (SSSR count). The zero-order chi connectivity index (χ0) is 12.4. The van der Waals surface area contributed by atoms with Gasteiger partial charge in [0.05, 0.1) is 11.4 Å². The minimum atomic E-state index is -0.219. The summed E-state index contributed by atoms with van der Waals surface area (Å²) in [6.45, 7) is 5.68. The summed E-state index contributed by atoms with van der Waals surface area (Å²) in [6, 6.07) is 0. The number of nitrogens with zero attached hydrogens (tertiary/aromatic N) is 3. The quantitative estimate of drug-likeness (QED) is 0.839. The molecule has 0 spiro atoms. The zero-order valence-corrected chi connectivity index (χ0v) is 10.3. The molecule has 17 heavy (non-hydrogen) atoms. The summed E-state index contributed by atoms with van der Waals surface area (Å²) in [7, 11) is 0. The van der Waals surface area contributed by atoms with Crippen LogP contribution < -0.4 is 10.6 Å². The lowest BCUT2D eigenvalue weighted by atomic mass is 10.1. The van der Waals surface area contributed by atoms with Crippen LogP contribution in [0.5, 0.6) is 0 Å². The normalized spacial score (nSPS) is 19.6. The highest BCUT2D eigenvalue weighted by atomic mass is 16.1. The maximum absolute atomic E-state index is 10.9. The van der Waals surface area contributed by atoms with E-state index in [0.29, 0.717) is 12.3 Å². The van der Waals surface area contributed by atoms with Crippen molar-refractivity contribution in [2.75, 3.05) is 18.0 Å². The number of hydrogen-bond acceptors (Lipinski definition) is 4. The van der Waals surface area contributed by atoms with Crippen molar-refractivity contribution in [3.05, 3.63) is 17.6 Å². The summed E-state index contributed by atoms with van der Waals surface area (Å²) in [5.41, 5.74) is 7.09. The fourth-order valence-electron chi connectivity index (χ4n) is 2.30. The van der Waals surface area contributed by atoms with Crippen LogP contribution in [0.4, 0.5) is 5.82 Å². The Kier molecular flexibility index (Phi) is 3.26. The van der Waals surface area contributed by atoms with Crippen LogP contribution in [-0.2, 0) is 4.79 Å². The lowest BCUT2D eigenvalue weighted by Gasteiger charge is -2.19. The van der Waals surface area contributed by atoms with Gasteiger partial charge in [-0.2, -0.15) is 0 Å². The molecular formula is C12H18N4O. The van der Waals surface area contributed by atoms with Gasteiger partial charge in [0.15, 0.2) is 0 Å². The molecule has 5 nitrogen and oxygen atoms in total. The van der Waals surface area contributed by atoms with Crippen molar-refractivity contribution < 1.29 is 4.79 Å². The SMILES string of the molecule is Cc1cnc(C)c(N2CCC(CC(N)=O)C2)n1. The van der Waals surface area contributed by atoms with E-state index in [9.17, 15) is 4.79 Å². The van der Waals surface area contributed by atoms with Crippen molar-refractivity contribution in [2.24, 2.45) is 11.7 Å². The van der Waals surface area contributed by atoms with Gasteiger partial charge in [-0.25, -0.2) is 4.98 Å². The van der Waals surface area contributed by atoms with Gasteiger partial charge < -0.3 is 10.6 Å². The molecule has 1 unspecified atom stereocenters. The van der Waals surface area contributed by atoms with E-state index in [1.807, 2.05) is 13.8 Å². The molecule has 92 valence electrons. The van der Waals surface area contributed by atoms with Gasteiger partial charge in [0.2, 0.25) is 5.91 Å². The van der Waals surface area contributed by atoms with Gasteiger partial charge in [-0.3, -0.25) is 9.78 Å². The first kappa shape index (κ1) is 11.8. The average molecular weight is 234 g/mol. The molecule has 1 amide bonds. The molecule has 1 aromatic heterocycles. The van der Waals surface area contributed by atoms with E-state index in [2.05, 4.69) is 14.9 Å². The van der Waals surface area contributed by atoms with Crippen LogP contribution in [-0.4, -0.2) is 29.0 Å². The maximum Gasteiger partial charge on any atom is 0.217 e. The number of aryl methyl sites for hydroxylation is 2. The first-order valence-corrected chi connectivity index (χ1v) is 5.89. The molecule has 1 aliphatic rings. The Morgan fingerprint density at radius 2 is 2.35 bits per heavy atom. The highest BCUT2D eigenvalue weighted by Crippen LogP contribution is 2.25. The fraction of sp³-hybridized carbons (Fsp3) is 0.583. The van der Waals surface area contributed by atoms with Gasteiger partial charge in [0.1, 0.15) is 5.82 Å². The second-order valence-corrected chi connectivity index (χ2v) is 4.69. The van der Waals surface area contributed by atoms with Crippen LogP contribution in [0.15, 0.2) is 6.20 Å². The molecule has 0 bridgehead atoms. The number of anilines is 1. The van der Waals surface area contributed by atoms with Crippen LogP contribution in [0.1, 0.15) is 24.2 Å². The number of hydrogen-bond donors (Lipinski definition) is 1. The first-order valence-electron chi connectivity index (χ1n) is 5.89. The number of nitrogens with two attached hydrogens (primary N) is 1. The highest BCUT2D eigenvalue weighted by Gasteiger charge is 2.25. The lowest BCUT2D eigenvalue weighted by Crippen LogP contribution is -2.24. The summed E-state index contributed by atoms with van der Waals surface area (Å²) in [5, 5.41) is 0. The van der Waals surface area contributed by atoms with Crippen molar-refractivity contribution in [3.8, 4) is 0 Å². The largest absolute Gasteiger partial charge is 0.370 e. The Bertz CT molecular complexity index is 433. The van der Waals surface area contributed by atoms with Crippen molar-refractivity contribution in [2.45, 2.75) is 26.7 Å². The third-order valence-corrected chi connectivity index (χ3v) is 3.13. The van der Waals surface area contributed by atoms with E-state index in [1.54, 1.807) is 6.20 Å². The average Bonchev–Trinajstić information content (AvgIpc) is 2.69. The maximum atomic E-state index is 10.9. The molecule has 0 radical (unpaired) electrons. The van der Waals surface area contributed by atoms with E-state index in [0.717, 1.165) is 36.7 Å². The van der Waals surface area contributed by atoms with E-state index in [1.165, 1.54) is 0 Å². The van der Waals surface area contributed by atoms with Crippen LogP contribution in [0.2, 0.25) is 0 Å². The standard InChI is InChI=1S/C12H18N4O/c1-8-6-14-9(2)12(15-8)16-4-3-10(7-16)5-11(13)17/h6,10H,3-5,7H2,1-2H3,(H2,13,17). The summed E-state index contributed by atoms with van der Waals surface area (Å²) >= 11 is 0. The van der Waals surface area contributed by atoms with E-state index in [-0.39, 0.29) is 5.91 Å². The molecular weight excluding hydrogens is 216 g/mol. The van der Waals surface area contributed by atoms with E-state index >= 15 is 0 Å². The van der Waals surface area contributed by atoms with Crippen LogP contribution >= 0.6 is 0 Å². The van der Waals surface area contributed by atoms with Crippen molar-refractivity contribution in [3.63, 3.8) is 0 Å². The summed E-state index contributed by atoms with van der Waals surface area (Å²) in [6.07, 6.45) is 3.24. The van der Waals surface area contributed by atoms with Gasteiger partial charge in [0.25, 0.3) is 0 Å². The van der Waals surface area contributed by atoms with Gasteiger partial charge in [-0.05, 0) is 26.2 Å². The van der Waals surface area contributed by atoms with Crippen molar-refractivity contribution >= 4 is 11.7 Å². The number of carbonyl (C=O) groups is 1. The Balaban J connectivity index is 2.09. The zero-order valence-electron chi connectivity index (χ0n) is 10.3. The molecule has 5 heteroatoms. The van der Waals surface area contributed by atoms with Gasteiger partial charge >= 0.3 is 0 Å². The number of rotatable bonds is 3. The Labute approximate surface area is 101 Å². The second-order valence-electron chi connectivity index (χ2n) is 4.69. The molecule has 1 aliphatic heterocycles. The third-order valence-electron chi connectivity index (χ3n) is 3.13. The Morgan fingerprint density at radius 3 is 3.06 bits per heavy atom. The Hall–Kier alpha value is -1.65. The smallest absolute Gasteiger partial charge is 0.217 e. The minimum absolute atomic E-state index is 0.219. The molecule has 0 aromatic carbocycles. The topological polar surface area (TPSA) is 72.1 Å². The molecule has 2 heterocycles. The second kappa shape index (κ2) is 4.69. The number of aromatic nitrogens is 2. The summed E-state index contributed by atoms with van der Waals surface area (Å²) in [5.74, 6) is 1.08. The van der Waals surface area contributed by atoms with E-state index in [4.69, 9.17) is 5.73 Å². The van der Waals surface area contributed by atoms with E-state index < -0.39 is 0 Å². The number of carbonyl (C=O) groups excluding carboxylic acids is 1. The molecule has 1 aromatic rings. The monoisotopic (exact) mass is 234 g/mol. The Morgan fingerprint density at radius 1 is 1.59 bits per heavy atom. The molecule has 1 saturated heterocycles. The summed E-state index contributed by atoms with van der Waals surface area (Å²) in [4.78, 5) is 21.9. The van der Waals surface area contributed by atoms with Gasteiger partial charge in [0, 0.05) is 25.7 Å². The number of amides is 1. The van der Waals surface area contributed by atoms with Crippen molar-refractivity contribution in [1.82, 2.24) is 9.97 Å². The molecule has 2 N–H and O–H groups in total. The van der Waals surface area contributed by atoms with Gasteiger partial charge in [-0.1, -0.05) is 0 Å². The molecule has 1 fully saturated rings. The lowest BCUT2D eigenvalue weighted by molar-refractivity contribution is -0.118. The minimum Gasteiger partial charge on any atom is -0.370 e. The fourth-order valence-corrected chi connectivity index (χ4v) is 2.30.